The molecule has 0 atom stereocenters. The molecule has 1 rings (SSSR count). The van der Waals surface area contributed by atoms with Crippen molar-refractivity contribution in [2.24, 2.45) is 0 Å². The number of rotatable bonds is 7. The van der Waals surface area contributed by atoms with Crippen LogP contribution in [-0.2, 0) is 11.2 Å². The van der Waals surface area contributed by atoms with Crippen molar-refractivity contribution < 1.29 is 4.79 Å². The quantitative estimate of drug-likeness (QED) is 0.349. The molecule has 0 bridgehead atoms. The van der Waals surface area contributed by atoms with E-state index >= 15 is 0 Å². The Morgan fingerprint density at radius 1 is 1.45 bits per heavy atom. The van der Waals surface area contributed by atoms with E-state index in [0.29, 0.717) is 19.0 Å². The van der Waals surface area contributed by atoms with Gasteiger partial charge in [0.1, 0.15) is 11.6 Å². The summed E-state index contributed by atoms with van der Waals surface area (Å²) < 4.78 is 0. The highest BCUT2D eigenvalue weighted by Gasteiger charge is 2.06. The number of carbonyl (C=O) groups excluding carboxylic acids is 1. The van der Waals surface area contributed by atoms with Crippen LogP contribution >= 0.6 is 11.6 Å². The highest BCUT2D eigenvalue weighted by molar-refractivity contribution is 6.18. The first kappa shape index (κ1) is 16.1. The van der Waals surface area contributed by atoms with Gasteiger partial charge in [0.2, 0.25) is 0 Å². The van der Waals surface area contributed by atoms with Crippen molar-refractivity contribution in [3.63, 3.8) is 0 Å². The van der Waals surface area contributed by atoms with Crippen molar-refractivity contribution in [2.75, 3.05) is 19.0 Å². The van der Waals surface area contributed by atoms with Crippen LogP contribution in [0, 0.1) is 18.3 Å². The Balaban J connectivity index is 2.42. The Morgan fingerprint density at radius 2 is 2.25 bits per heavy atom. The van der Waals surface area contributed by atoms with Crippen LogP contribution in [0.15, 0.2) is 36.0 Å². The number of amides is 1. The molecule has 0 aliphatic rings. The molecule has 20 heavy (non-hydrogen) atoms. The van der Waals surface area contributed by atoms with Crippen LogP contribution in [0.3, 0.4) is 0 Å². The number of hydrogen-bond donors (Lipinski definition) is 2. The Kier molecular flexibility index (Phi) is 7.23. The predicted molar refractivity (Wildman–Crippen MR) is 80.3 cm³/mol. The van der Waals surface area contributed by atoms with E-state index in [1.807, 2.05) is 25.1 Å². The minimum absolute atomic E-state index is 0.0550. The van der Waals surface area contributed by atoms with Gasteiger partial charge in [-0.25, -0.2) is 0 Å². The zero-order valence-electron chi connectivity index (χ0n) is 11.4. The molecule has 0 aliphatic heterocycles. The second-order valence-corrected chi connectivity index (χ2v) is 4.69. The summed E-state index contributed by atoms with van der Waals surface area (Å²) in [6.45, 7) is 3.06. The average Bonchev–Trinajstić information content (AvgIpc) is 2.45. The van der Waals surface area contributed by atoms with Crippen LogP contribution in [0.2, 0.25) is 0 Å². The van der Waals surface area contributed by atoms with Crippen molar-refractivity contribution in [2.45, 2.75) is 13.3 Å². The predicted octanol–water partition coefficient (Wildman–Crippen LogP) is 1.89. The lowest BCUT2D eigenvalue weighted by Crippen LogP contribution is -2.27. The third-order valence-corrected chi connectivity index (χ3v) is 2.82. The van der Waals surface area contributed by atoms with Gasteiger partial charge in [0.15, 0.2) is 0 Å². The lowest BCUT2D eigenvalue weighted by molar-refractivity contribution is -0.117. The number of nitriles is 1. The molecule has 0 saturated carbocycles. The lowest BCUT2D eigenvalue weighted by atomic mass is 10.1. The van der Waals surface area contributed by atoms with Crippen LogP contribution in [0.4, 0.5) is 0 Å². The maximum Gasteiger partial charge on any atom is 0.263 e. The average molecular weight is 292 g/mol. The van der Waals surface area contributed by atoms with Gasteiger partial charge < -0.3 is 10.6 Å². The van der Waals surface area contributed by atoms with Crippen molar-refractivity contribution in [3.05, 3.63) is 47.2 Å². The minimum atomic E-state index is -0.406. The van der Waals surface area contributed by atoms with Crippen molar-refractivity contribution in [3.8, 4) is 6.07 Å². The largest absolute Gasteiger partial charge is 0.389 e. The summed E-state index contributed by atoms with van der Waals surface area (Å²) in [7, 11) is 0. The van der Waals surface area contributed by atoms with Crippen LogP contribution < -0.4 is 10.6 Å². The van der Waals surface area contributed by atoms with Gasteiger partial charge >= 0.3 is 0 Å². The molecule has 0 fully saturated rings. The zero-order valence-corrected chi connectivity index (χ0v) is 12.2. The third kappa shape index (κ3) is 5.77. The molecule has 0 spiro atoms. The monoisotopic (exact) mass is 291 g/mol. The third-order valence-electron chi connectivity index (χ3n) is 2.63. The van der Waals surface area contributed by atoms with E-state index in [2.05, 4.69) is 22.8 Å². The summed E-state index contributed by atoms with van der Waals surface area (Å²) in [5.74, 6) is -0.0817. The molecule has 1 aromatic rings. The van der Waals surface area contributed by atoms with Gasteiger partial charge in [-0.1, -0.05) is 29.8 Å². The van der Waals surface area contributed by atoms with Gasteiger partial charge in [-0.15, -0.1) is 11.6 Å². The summed E-state index contributed by atoms with van der Waals surface area (Å²) in [6.07, 6.45) is 2.28. The Bertz CT molecular complexity index is 520. The lowest BCUT2D eigenvalue weighted by Gasteiger charge is -2.04. The van der Waals surface area contributed by atoms with E-state index in [1.54, 1.807) is 0 Å². The maximum atomic E-state index is 11.5. The smallest absolute Gasteiger partial charge is 0.263 e. The number of aryl methyl sites for hydroxylation is 1. The minimum Gasteiger partial charge on any atom is -0.389 e. The number of hydrogen-bond acceptors (Lipinski definition) is 3. The zero-order chi connectivity index (χ0) is 14.8. The van der Waals surface area contributed by atoms with Gasteiger partial charge in [-0.05, 0) is 18.9 Å². The highest BCUT2D eigenvalue weighted by atomic mass is 35.5. The topological polar surface area (TPSA) is 64.9 Å². The number of alkyl halides is 1. The fraction of sp³-hybridized carbons (Fsp3) is 0.333. The number of carbonyl (C=O) groups is 1. The molecule has 0 aromatic heterocycles. The first-order valence-electron chi connectivity index (χ1n) is 6.40. The van der Waals surface area contributed by atoms with Gasteiger partial charge in [0.25, 0.3) is 5.91 Å². The molecule has 1 amide bonds. The van der Waals surface area contributed by atoms with Gasteiger partial charge in [0.05, 0.1) is 0 Å². The summed E-state index contributed by atoms with van der Waals surface area (Å²) in [5, 5.41) is 14.4. The molecular formula is C15H18ClN3O. The number of nitrogens with zero attached hydrogens (tertiary/aromatic N) is 1. The summed E-state index contributed by atoms with van der Waals surface area (Å²) in [6, 6.07) is 10.1. The molecule has 2 N–H and O–H groups in total. The Hall–Kier alpha value is -1.99. The molecule has 0 radical (unpaired) electrons. The van der Waals surface area contributed by atoms with E-state index in [-0.39, 0.29) is 5.57 Å². The van der Waals surface area contributed by atoms with E-state index < -0.39 is 5.91 Å². The van der Waals surface area contributed by atoms with Crippen molar-refractivity contribution >= 4 is 17.5 Å². The van der Waals surface area contributed by atoms with Crippen LogP contribution in [0.25, 0.3) is 0 Å². The molecule has 0 unspecified atom stereocenters. The highest BCUT2D eigenvalue weighted by Crippen LogP contribution is 2.03. The molecular weight excluding hydrogens is 274 g/mol. The second-order valence-electron chi connectivity index (χ2n) is 4.31. The van der Waals surface area contributed by atoms with Crippen LogP contribution in [-0.4, -0.2) is 24.9 Å². The van der Waals surface area contributed by atoms with E-state index in [4.69, 9.17) is 16.9 Å². The van der Waals surface area contributed by atoms with Gasteiger partial charge in [0, 0.05) is 25.2 Å². The molecule has 106 valence electrons. The number of benzene rings is 1. The van der Waals surface area contributed by atoms with Gasteiger partial charge in [-0.3, -0.25) is 4.79 Å². The summed E-state index contributed by atoms with van der Waals surface area (Å²) >= 11 is 5.47. The summed E-state index contributed by atoms with van der Waals surface area (Å²) in [4.78, 5) is 11.5. The molecule has 4 nitrogen and oxygen atoms in total. The first-order valence-corrected chi connectivity index (χ1v) is 6.94. The summed E-state index contributed by atoms with van der Waals surface area (Å²) in [5.41, 5.74) is 2.49. The van der Waals surface area contributed by atoms with Crippen molar-refractivity contribution in [1.82, 2.24) is 10.6 Å². The van der Waals surface area contributed by atoms with E-state index in [9.17, 15) is 4.79 Å². The molecule has 0 saturated heterocycles. The Morgan fingerprint density at radius 3 is 2.90 bits per heavy atom. The molecule has 0 heterocycles. The number of nitrogens with one attached hydrogen (secondary N) is 2. The SMILES string of the molecule is Cc1cccc(CCN/C=C(/C#N)C(=O)NCCCl)c1. The normalized spacial score (nSPS) is 10.8. The standard InChI is InChI=1S/C15H18ClN3O/c1-12-3-2-4-13(9-12)5-7-18-11-14(10-17)15(20)19-8-6-16/h2-4,9,11,18H,5-8H2,1H3,(H,19,20)/b14-11-. The van der Waals surface area contributed by atoms with Gasteiger partial charge in [-0.2, -0.15) is 5.26 Å². The Labute approximate surface area is 124 Å². The molecule has 5 heteroatoms. The first-order chi connectivity index (χ1) is 9.67. The fourth-order valence-electron chi connectivity index (χ4n) is 1.66. The van der Waals surface area contributed by atoms with Crippen molar-refractivity contribution in [1.29, 1.82) is 5.26 Å². The van der Waals surface area contributed by atoms with E-state index in [1.165, 1.54) is 17.3 Å². The van der Waals surface area contributed by atoms with E-state index in [0.717, 1.165) is 6.42 Å². The van der Waals surface area contributed by atoms with Crippen LogP contribution in [0.5, 0.6) is 0 Å². The second kappa shape index (κ2) is 9.00. The maximum absolute atomic E-state index is 11.5. The fourth-order valence-corrected chi connectivity index (χ4v) is 1.76. The molecule has 1 aromatic carbocycles. The molecule has 0 aliphatic carbocycles. The van der Waals surface area contributed by atoms with Crippen LogP contribution in [0.1, 0.15) is 11.1 Å². The number of halogens is 1.